The molecule has 192 valence electrons. The average molecular weight is 501 g/mol. The Morgan fingerprint density at radius 3 is 2.18 bits per heavy atom. The molecule has 33 heavy (non-hydrogen) atoms. The maximum absolute atomic E-state index is 12.7. The van der Waals surface area contributed by atoms with Gasteiger partial charge in [0.15, 0.2) is 12.5 Å². The summed E-state index contributed by atoms with van der Waals surface area (Å²) in [5.74, 6) is 0.393. The van der Waals surface area contributed by atoms with Gasteiger partial charge >= 0.3 is 6.03 Å². The molecule has 2 heterocycles. The van der Waals surface area contributed by atoms with Gasteiger partial charge in [0.05, 0.1) is 13.2 Å². The van der Waals surface area contributed by atoms with Crippen LogP contribution in [0.1, 0.15) is 12.8 Å². The fraction of sp³-hybridized carbons (Fsp3) is 0.947. The number of alkyl halides is 1. The van der Waals surface area contributed by atoms with Gasteiger partial charge in [0.2, 0.25) is 0 Å². The molecule has 0 radical (unpaired) electrons. The molecule has 1 saturated carbocycles. The molecule has 14 heteroatoms. The van der Waals surface area contributed by atoms with E-state index in [1.54, 1.807) is 0 Å². The Morgan fingerprint density at radius 2 is 1.61 bits per heavy atom. The lowest BCUT2D eigenvalue weighted by atomic mass is 9.96. The van der Waals surface area contributed by atoms with Gasteiger partial charge in [0.1, 0.15) is 48.8 Å². The predicted molar refractivity (Wildman–Crippen MR) is 110 cm³/mol. The molecule has 0 aromatic rings. The molecule has 0 bridgehead atoms. The zero-order valence-electron chi connectivity index (χ0n) is 17.9. The Morgan fingerprint density at radius 1 is 0.939 bits per heavy atom. The van der Waals surface area contributed by atoms with Gasteiger partial charge in [-0.05, 0) is 18.8 Å². The second-order valence-electron chi connectivity index (χ2n) is 8.54. The number of ether oxygens (including phenoxy) is 3. The van der Waals surface area contributed by atoms with Crippen LogP contribution in [0.5, 0.6) is 0 Å². The number of halogens is 1. The third-order valence-electron chi connectivity index (χ3n) is 6.07. The van der Waals surface area contributed by atoms with E-state index < -0.39 is 80.6 Å². The summed E-state index contributed by atoms with van der Waals surface area (Å²) >= 11 is 5.63. The summed E-state index contributed by atoms with van der Waals surface area (Å²) in [6.07, 6.45) is -13.5. The van der Waals surface area contributed by atoms with Crippen LogP contribution in [0, 0.1) is 5.92 Å². The summed E-state index contributed by atoms with van der Waals surface area (Å²) in [5, 5.41) is 73.4. The number of rotatable bonds is 9. The van der Waals surface area contributed by atoms with Crippen LogP contribution in [0.15, 0.2) is 0 Å². The fourth-order valence-corrected chi connectivity index (χ4v) is 4.06. The van der Waals surface area contributed by atoms with Crippen molar-refractivity contribution in [2.45, 2.75) is 74.2 Å². The van der Waals surface area contributed by atoms with E-state index in [2.05, 4.69) is 5.32 Å². The Kier molecular flexibility index (Phi) is 9.51. The molecule has 3 fully saturated rings. The monoisotopic (exact) mass is 500 g/mol. The van der Waals surface area contributed by atoms with E-state index in [1.165, 1.54) is 4.90 Å². The summed E-state index contributed by atoms with van der Waals surface area (Å²) < 4.78 is 16.6. The molecule has 2 saturated heterocycles. The van der Waals surface area contributed by atoms with Crippen molar-refractivity contribution in [3.63, 3.8) is 0 Å². The van der Waals surface area contributed by atoms with Crippen molar-refractivity contribution in [1.82, 2.24) is 10.2 Å². The summed E-state index contributed by atoms with van der Waals surface area (Å²) in [5.41, 5.74) is 0. The highest BCUT2D eigenvalue weighted by Crippen LogP contribution is 2.34. The van der Waals surface area contributed by atoms with Crippen molar-refractivity contribution in [3.05, 3.63) is 0 Å². The van der Waals surface area contributed by atoms with Crippen LogP contribution in [0.3, 0.4) is 0 Å². The van der Waals surface area contributed by atoms with Crippen molar-refractivity contribution < 1.29 is 54.8 Å². The molecule has 10 atom stereocenters. The van der Waals surface area contributed by atoms with Gasteiger partial charge in [-0.1, -0.05) is 0 Å². The van der Waals surface area contributed by atoms with Gasteiger partial charge in [-0.3, -0.25) is 4.90 Å². The van der Waals surface area contributed by atoms with Crippen molar-refractivity contribution in [1.29, 1.82) is 0 Å². The second-order valence-corrected chi connectivity index (χ2v) is 8.92. The Hall–Kier alpha value is -0.840. The summed E-state index contributed by atoms with van der Waals surface area (Å²) in [4.78, 5) is 13.9. The standard InChI is InChI=1S/C19H33ClN2O11/c20-3-4-21-19(30)22(5-8-1-2-8)17-14(28)13(27)16(10(7-24)31-17)33-18-15(29)12(26)11(25)9(6-23)32-18/h8-18,23-29H,1-7H2,(H,21,30)/t9-,10-,11-,12+,13-,14-,15-,16-,17?,18-/m1/s1. The average Bonchev–Trinajstić information content (AvgIpc) is 3.63. The van der Waals surface area contributed by atoms with Crippen LogP contribution in [0.2, 0.25) is 0 Å². The summed E-state index contributed by atoms with van der Waals surface area (Å²) in [6.45, 7) is -0.919. The Bertz CT molecular complexity index is 641. The van der Waals surface area contributed by atoms with Crippen LogP contribution >= 0.6 is 11.6 Å². The maximum atomic E-state index is 12.7. The van der Waals surface area contributed by atoms with E-state index in [0.29, 0.717) is 0 Å². The van der Waals surface area contributed by atoms with Crippen LogP contribution < -0.4 is 5.32 Å². The molecule has 3 aliphatic rings. The van der Waals surface area contributed by atoms with Gasteiger partial charge < -0.3 is 55.3 Å². The maximum Gasteiger partial charge on any atom is 0.319 e. The minimum absolute atomic E-state index is 0.175. The molecular weight excluding hydrogens is 468 g/mol. The first-order valence-corrected chi connectivity index (χ1v) is 11.5. The first-order chi connectivity index (χ1) is 15.7. The number of urea groups is 1. The number of aliphatic hydroxyl groups is 7. The van der Waals surface area contributed by atoms with Gasteiger partial charge in [0, 0.05) is 19.0 Å². The number of carbonyl (C=O) groups excluding carboxylic acids is 1. The Balaban J connectivity index is 1.74. The van der Waals surface area contributed by atoms with E-state index in [9.17, 15) is 40.5 Å². The molecule has 1 aliphatic carbocycles. The largest absolute Gasteiger partial charge is 0.394 e. The topological polar surface area (TPSA) is 202 Å². The number of aliphatic hydroxyl groups excluding tert-OH is 7. The van der Waals surface area contributed by atoms with Crippen molar-refractivity contribution in [3.8, 4) is 0 Å². The van der Waals surface area contributed by atoms with Gasteiger partial charge in [-0.15, -0.1) is 11.6 Å². The van der Waals surface area contributed by atoms with Gasteiger partial charge in [0.25, 0.3) is 0 Å². The van der Waals surface area contributed by atoms with Crippen molar-refractivity contribution in [2.24, 2.45) is 5.92 Å². The van der Waals surface area contributed by atoms with E-state index >= 15 is 0 Å². The van der Waals surface area contributed by atoms with E-state index in [-0.39, 0.29) is 24.9 Å². The number of hydrogen-bond acceptors (Lipinski definition) is 11. The number of carbonyl (C=O) groups is 1. The zero-order valence-corrected chi connectivity index (χ0v) is 18.6. The van der Waals surface area contributed by atoms with Crippen molar-refractivity contribution >= 4 is 17.6 Å². The predicted octanol–water partition coefficient (Wildman–Crippen LogP) is -3.73. The molecule has 0 aromatic heterocycles. The molecule has 2 aliphatic heterocycles. The first-order valence-electron chi connectivity index (χ1n) is 10.9. The minimum Gasteiger partial charge on any atom is -0.394 e. The lowest BCUT2D eigenvalue weighted by Crippen LogP contribution is -2.67. The molecule has 1 unspecified atom stereocenters. The highest BCUT2D eigenvalue weighted by atomic mass is 35.5. The molecular formula is C19H33ClN2O11. The molecule has 13 nitrogen and oxygen atoms in total. The Labute approximate surface area is 195 Å². The molecule has 0 spiro atoms. The zero-order chi connectivity index (χ0) is 24.3. The van der Waals surface area contributed by atoms with Crippen molar-refractivity contribution in [2.75, 3.05) is 32.2 Å². The van der Waals surface area contributed by atoms with Gasteiger partial charge in [-0.2, -0.15) is 0 Å². The second kappa shape index (κ2) is 11.7. The quantitative estimate of drug-likeness (QED) is 0.145. The van der Waals surface area contributed by atoms with Crippen LogP contribution in [-0.2, 0) is 14.2 Å². The van der Waals surface area contributed by atoms with E-state index in [4.69, 9.17) is 25.8 Å². The summed E-state index contributed by atoms with van der Waals surface area (Å²) in [6, 6.07) is -0.552. The third kappa shape index (κ3) is 6.05. The highest BCUT2D eigenvalue weighted by molar-refractivity contribution is 6.18. The van der Waals surface area contributed by atoms with E-state index in [1.807, 2.05) is 0 Å². The third-order valence-corrected chi connectivity index (χ3v) is 6.26. The lowest BCUT2D eigenvalue weighted by Gasteiger charge is -2.48. The minimum atomic E-state index is -1.75. The smallest absolute Gasteiger partial charge is 0.319 e. The molecule has 2 amide bonds. The highest BCUT2D eigenvalue weighted by Gasteiger charge is 2.52. The lowest BCUT2D eigenvalue weighted by molar-refractivity contribution is -0.347. The van der Waals surface area contributed by atoms with Crippen LogP contribution in [-0.4, -0.2) is 140 Å². The van der Waals surface area contributed by atoms with E-state index in [0.717, 1.165) is 12.8 Å². The van der Waals surface area contributed by atoms with Crippen LogP contribution in [0.25, 0.3) is 0 Å². The number of hydrogen-bond donors (Lipinski definition) is 8. The number of nitrogens with zero attached hydrogens (tertiary/aromatic N) is 1. The first kappa shape index (κ1) is 26.8. The fourth-order valence-electron chi connectivity index (χ4n) is 3.96. The number of amides is 2. The molecule has 0 aromatic carbocycles. The number of nitrogens with one attached hydrogen (secondary N) is 1. The van der Waals surface area contributed by atoms with Gasteiger partial charge in [-0.25, -0.2) is 4.79 Å². The summed E-state index contributed by atoms with van der Waals surface area (Å²) in [7, 11) is 0. The molecule has 3 rings (SSSR count). The molecule has 8 N–H and O–H groups in total. The van der Waals surface area contributed by atoms with Crippen LogP contribution in [0.4, 0.5) is 4.79 Å². The SMILES string of the molecule is O=C(NCCCl)N(CC1CC1)C1O[C@H](CO)[C@@H](O[C@H]2O[C@H](CO)[C@@H](O)[C@H](O)[C@H]2O)[C@H](O)[C@H]1O. The normalized spacial score (nSPS) is 41.6.